The smallest absolute Gasteiger partial charge is 0.274 e. The molecule has 0 spiro atoms. The number of carbonyl (C=O) groups excluding carboxylic acids is 1. The van der Waals surface area contributed by atoms with Crippen molar-refractivity contribution in [3.8, 4) is 0 Å². The second kappa shape index (κ2) is 10.1. The van der Waals surface area contributed by atoms with E-state index in [9.17, 15) is 9.59 Å². The zero-order chi connectivity index (χ0) is 23.2. The SMILES string of the molecule is CC(C)C(CNC(=O)c1nn(Cc2ccccc2)c(=O)c2ccccc12)Nc1ccccc1. The summed E-state index contributed by atoms with van der Waals surface area (Å²) < 4.78 is 1.37. The van der Waals surface area contributed by atoms with E-state index in [-0.39, 0.29) is 23.2 Å². The third kappa shape index (κ3) is 5.29. The summed E-state index contributed by atoms with van der Waals surface area (Å²) in [7, 11) is 0. The fourth-order valence-corrected chi connectivity index (χ4v) is 3.75. The van der Waals surface area contributed by atoms with Crippen molar-refractivity contribution in [1.29, 1.82) is 0 Å². The number of nitrogens with zero attached hydrogens (tertiary/aromatic N) is 2. The first-order valence-electron chi connectivity index (χ1n) is 11.2. The lowest BCUT2D eigenvalue weighted by Crippen LogP contribution is -2.40. The average Bonchev–Trinajstić information content (AvgIpc) is 2.84. The van der Waals surface area contributed by atoms with Crippen molar-refractivity contribution >= 4 is 22.4 Å². The van der Waals surface area contributed by atoms with Crippen LogP contribution >= 0.6 is 0 Å². The highest BCUT2D eigenvalue weighted by molar-refractivity contribution is 6.04. The fourth-order valence-electron chi connectivity index (χ4n) is 3.75. The third-order valence-electron chi connectivity index (χ3n) is 5.67. The highest BCUT2D eigenvalue weighted by Crippen LogP contribution is 2.15. The molecule has 0 aliphatic heterocycles. The summed E-state index contributed by atoms with van der Waals surface area (Å²) in [6, 6.07) is 26.7. The quantitative estimate of drug-likeness (QED) is 0.428. The van der Waals surface area contributed by atoms with E-state index in [2.05, 4.69) is 29.6 Å². The molecular formula is C27H28N4O2. The number of carbonyl (C=O) groups is 1. The van der Waals surface area contributed by atoms with Crippen LogP contribution in [0.5, 0.6) is 0 Å². The molecule has 168 valence electrons. The summed E-state index contributed by atoms with van der Waals surface area (Å²) in [5, 5.41) is 12.0. The standard InChI is InChI=1S/C27H28N4O2/c1-19(2)24(29-21-13-7-4-8-14-21)17-28-26(32)25-22-15-9-10-16-23(22)27(33)31(30-25)18-20-11-5-3-6-12-20/h3-16,19,24,29H,17-18H2,1-2H3,(H,28,32). The molecule has 1 amide bonds. The summed E-state index contributed by atoms with van der Waals surface area (Å²) >= 11 is 0. The predicted octanol–water partition coefficient (Wildman–Crippen LogP) is 4.31. The van der Waals surface area contributed by atoms with Crippen LogP contribution in [-0.4, -0.2) is 28.3 Å². The van der Waals surface area contributed by atoms with Gasteiger partial charge in [0.1, 0.15) is 0 Å². The van der Waals surface area contributed by atoms with Crippen molar-refractivity contribution in [2.45, 2.75) is 26.4 Å². The lowest BCUT2D eigenvalue weighted by molar-refractivity contribution is 0.0945. The number of anilines is 1. The minimum atomic E-state index is -0.298. The Labute approximate surface area is 193 Å². The zero-order valence-corrected chi connectivity index (χ0v) is 18.9. The van der Waals surface area contributed by atoms with E-state index in [0.717, 1.165) is 11.3 Å². The predicted molar refractivity (Wildman–Crippen MR) is 133 cm³/mol. The molecule has 1 unspecified atom stereocenters. The number of rotatable bonds is 8. The monoisotopic (exact) mass is 440 g/mol. The Bertz CT molecular complexity index is 1280. The molecule has 2 N–H and O–H groups in total. The van der Waals surface area contributed by atoms with Gasteiger partial charge in [-0.15, -0.1) is 0 Å². The molecule has 0 bridgehead atoms. The second-order valence-electron chi connectivity index (χ2n) is 8.41. The molecule has 0 radical (unpaired) electrons. The van der Waals surface area contributed by atoms with Gasteiger partial charge in [-0.3, -0.25) is 9.59 Å². The van der Waals surface area contributed by atoms with Gasteiger partial charge in [0.15, 0.2) is 5.69 Å². The molecule has 0 saturated carbocycles. The molecule has 4 rings (SSSR count). The molecule has 1 atom stereocenters. The summed E-state index contributed by atoms with van der Waals surface area (Å²) in [5.74, 6) is -0.00392. The normalized spacial score (nSPS) is 12.0. The van der Waals surface area contributed by atoms with Gasteiger partial charge < -0.3 is 10.6 Å². The Kier molecular flexibility index (Phi) is 6.83. The van der Waals surface area contributed by atoms with Crippen molar-refractivity contribution in [1.82, 2.24) is 15.1 Å². The van der Waals surface area contributed by atoms with Crippen molar-refractivity contribution in [3.05, 3.63) is 107 Å². The maximum atomic E-state index is 13.2. The van der Waals surface area contributed by atoms with Gasteiger partial charge in [-0.05, 0) is 29.7 Å². The summed E-state index contributed by atoms with van der Waals surface area (Å²) in [5.41, 5.74) is 1.99. The molecule has 1 aromatic heterocycles. The van der Waals surface area contributed by atoms with Crippen molar-refractivity contribution in [2.24, 2.45) is 5.92 Å². The highest BCUT2D eigenvalue weighted by Gasteiger charge is 2.19. The van der Waals surface area contributed by atoms with E-state index >= 15 is 0 Å². The number of hydrogen-bond acceptors (Lipinski definition) is 4. The molecule has 1 heterocycles. The van der Waals surface area contributed by atoms with Gasteiger partial charge in [-0.2, -0.15) is 5.10 Å². The highest BCUT2D eigenvalue weighted by atomic mass is 16.2. The topological polar surface area (TPSA) is 76.0 Å². The molecule has 6 heteroatoms. The van der Waals surface area contributed by atoms with Crippen LogP contribution in [0.4, 0.5) is 5.69 Å². The van der Waals surface area contributed by atoms with Crippen LogP contribution in [0.1, 0.15) is 29.9 Å². The number of fused-ring (bicyclic) bond motifs is 1. The Balaban J connectivity index is 1.60. The first-order valence-corrected chi connectivity index (χ1v) is 11.2. The summed E-state index contributed by atoms with van der Waals surface area (Å²) in [6.45, 7) is 4.95. The van der Waals surface area contributed by atoms with Crippen LogP contribution in [0.3, 0.4) is 0 Å². The van der Waals surface area contributed by atoms with Gasteiger partial charge in [0.2, 0.25) is 0 Å². The van der Waals surface area contributed by atoms with E-state index in [4.69, 9.17) is 0 Å². The van der Waals surface area contributed by atoms with Crippen LogP contribution < -0.4 is 16.2 Å². The molecule has 0 saturated heterocycles. The first-order chi connectivity index (χ1) is 16.0. The van der Waals surface area contributed by atoms with E-state index in [0.29, 0.717) is 29.8 Å². The lowest BCUT2D eigenvalue weighted by atomic mass is 10.0. The fraction of sp³-hybridized carbons (Fsp3) is 0.222. The van der Waals surface area contributed by atoms with E-state index < -0.39 is 0 Å². The number of aromatic nitrogens is 2. The second-order valence-corrected chi connectivity index (χ2v) is 8.41. The van der Waals surface area contributed by atoms with Crippen LogP contribution in [0.25, 0.3) is 10.8 Å². The number of benzene rings is 3. The Hall–Kier alpha value is -3.93. The van der Waals surface area contributed by atoms with Gasteiger partial charge in [-0.25, -0.2) is 4.68 Å². The van der Waals surface area contributed by atoms with Gasteiger partial charge in [0.25, 0.3) is 11.5 Å². The molecule has 33 heavy (non-hydrogen) atoms. The third-order valence-corrected chi connectivity index (χ3v) is 5.67. The Morgan fingerprint density at radius 3 is 2.15 bits per heavy atom. The molecular weight excluding hydrogens is 412 g/mol. The summed E-state index contributed by atoms with van der Waals surface area (Å²) in [4.78, 5) is 26.3. The number of para-hydroxylation sites is 1. The van der Waals surface area contributed by atoms with Crippen LogP contribution in [0, 0.1) is 5.92 Å². The van der Waals surface area contributed by atoms with E-state index in [1.54, 1.807) is 18.2 Å². The molecule has 3 aromatic carbocycles. The largest absolute Gasteiger partial charge is 0.380 e. The molecule has 0 fully saturated rings. The zero-order valence-electron chi connectivity index (χ0n) is 18.9. The summed E-state index contributed by atoms with van der Waals surface area (Å²) in [6.07, 6.45) is 0. The number of nitrogens with one attached hydrogen (secondary N) is 2. The minimum absolute atomic E-state index is 0.0397. The molecule has 4 aromatic rings. The average molecular weight is 441 g/mol. The van der Waals surface area contributed by atoms with Gasteiger partial charge in [0.05, 0.1) is 11.9 Å². The Morgan fingerprint density at radius 1 is 0.879 bits per heavy atom. The minimum Gasteiger partial charge on any atom is -0.380 e. The molecule has 6 nitrogen and oxygen atoms in total. The van der Waals surface area contributed by atoms with E-state index in [1.807, 2.05) is 66.7 Å². The Morgan fingerprint density at radius 2 is 1.48 bits per heavy atom. The lowest BCUT2D eigenvalue weighted by Gasteiger charge is -2.24. The van der Waals surface area contributed by atoms with Gasteiger partial charge in [-0.1, -0.05) is 80.6 Å². The maximum absolute atomic E-state index is 13.2. The van der Waals surface area contributed by atoms with E-state index in [1.165, 1.54) is 4.68 Å². The van der Waals surface area contributed by atoms with Crippen LogP contribution in [0.15, 0.2) is 89.7 Å². The first kappa shape index (κ1) is 22.3. The molecule has 0 aliphatic rings. The van der Waals surface area contributed by atoms with Crippen molar-refractivity contribution in [2.75, 3.05) is 11.9 Å². The van der Waals surface area contributed by atoms with Crippen molar-refractivity contribution in [3.63, 3.8) is 0 Å². The van der Waals surface area contributed by atoms with Gasteiger partial charge >= 0.3 is 0 Å². The number of amides is 1. The van der Waals surface area contributed by atoms with Crippen LogP contribution in [-0.2, 0) is 6.54 Å². The molecule has 0 aliphatic carbocycles. The number of hydrogen-bond donors (Lipinski definition) is 2. The van der Waals surface area contributed by atoms with Gasteiger partial charge in [0, 0.05) is 23.7 Å². The van der Waals surface area contributed by atoms with Crippen molar-refractivity contribution < 1.29 is 4.79 Å². The van der Waals surface area contributed by atoms with Crippen LogP contribution in [0.2, 0.25) is 0 Å². The maximum Gasteiger partial charge on any atom is 0.274 e.